The summed E-state index contributed by atoms with van der Waals surface area (Å²) >= 11 is 0. The Kier molecular flexibility index (Phi) is 26.6. The lowest BCUT2D eigenvalue weighted by molar-refractivity contribution is -0.862. The highest BCUT2D eigenvalue weighted by Gasteiger charge is 2.46. The van der Waals surface area contributed by atoms with E-state index in [0.29, 0.717) is 23.9 Å². The molecule has 0 aromatic heterocycles. The quantitative estimate of drug-likeness (QED) is 0.0859. The van der Waals surface area contributed by atoms with Gasteiger partial charge in [-0.2, -0.15) is 0 Å². The van der Waals surface area contributed by atoms with E-state index in [1.807, 2.05) is 21.1 Å². The van der Waals surface area contributed by atoms with E-state index in [9.17, 15) is 24.6 Å². The third-order valence-corrected chi connectivity index (χ3v) is 8.26. The summed E-state index contributed by atoms with van der Waals surface area (Å²) in [5.41, 5.74) is -1.47. The monoisotopic (exact) mass is 618 g/mol. The Morgan fingerprint density at radius 3 is 1.33 bits per heavy atom. The van der Waals surface area contributed by atoms with Crippen molar-refractivity contribution in [3.63, 3.8) is 0 Å². The average Bonchev–Trinajstić information content (AvgIpc) is 2.89. The third kappa shape index (κ3) is 21.4. The Bertz CT molecular complexity index is 698. The average molecular weight is 619 g/mol. The third-order valence-electron chi connectivity index (χ3n) is 8.26. The summed E-state index contributed by atoms with van der Waals surface area (Å²) in [7, 11) is 5.79. The molecule has 0 spiro atoms. The maximum atomic E-state index is 13.6. The van der Waals surface area contributed by atoms with Crippen molar-refractivity contribution in [2.75, 3.05) is 34.2 Å². The Labute approximate surface area is 265 Å². The van der Waals surface area contributed by atoms with Gasteiger partial charge < -0.3 is 32.0 Å². The zero-order chi connectivity index (χ0) is 31.0. The van der Waals surface area contributed by atoms with E-state index >= 15 is 0 Å². The molecule has 0 aliphatic carbocycles. The maximum Gasteiger partial charge on any atom is 0.329 e. The van der Waals surface area contributed by atoms with Crippen LogP contribution >= 0.6 is 0 Å². The predicted molar refractivity (Wildman–Crippen MR) is 170 cm³/mol. The molecule has 0 saturated carbocycles. The molecule has 0 heterocycles. The zero-order valence-electron chi connectivity index (χ0n) is 28.1. The van der Waals surface area contributed by atoms with E-state index in [4.69, 9.17) is 0 Å². The van der Waals surface area contributed by atoms with Crippen molar-refractivity contribution in [3.05, 3.63) is 0 Å². The van der Waals surface area contributed by atoms with Crippen LogP contribution in [0, 0.1) is 0 Å². The number of amides is 1. The topological polar surface area (TPSA) is 94.9 Å². The van der Waals surface area contributed by atoms with Gasteiger partial charge in [0, 0.05) is 13.0 Å². The molecule has 2 N–H and O–H groups in total. The predicted octanol–water partition coefficient (Wildman–Crippen LogP) is 5.45. The standard InChI is InChI=1S/C34H66N2O5.ClH/c1-6-8-10-12-14-16-18-20-22-24-27-34(33(40)41,28-26-32(38)39)35(31(37)30-36(3,4)5)29-25-23-21-19-17-15-13-11-9-7-2;/h6-30H2,1-5H3,(H-,38,39,40,41);1H/t34-;/m1./s1. The van der Waals surface area contributed by atoms with Gasteiger partial charge in [0.25, 0.3) is 5.91 Å². The molecule has 7 nitrogen and oxygen atoms in total. The SMILES string of the molecule is CCCCCCCCCCCCN(C(=O)C[N+](C)(C)C)[C@](CCCCCCCCCCCC)(CCC(=O)O)C(=O)O.[Cl-]. The summed E-state index contributed by atoms with van der Waals surface area (Å²) in [5.74, 6) is -2.26. The first-order valence-corrected chi connectivity index (χ1v) is 17.1. The highest BCUT2D eigenvalue weighted by atomic mass is 35.5. The van der Waals surface area contributed by atoms with Gasteiger partial charge in [0.15, 0.2) is 6.54 Å². The molecule has 8 heteroatoms. The summed E-state index contributed by atoms with van der Waals surface area (Å²) in [6, 6.07) is 0. The Hall–Kier alpha value is -1.34. The molecule has 0 aromatic carbocycles. The van der Waals surface area contributed by atoms with Gasteiger partial charge in [-0.15, -0.1) is 0 Å². The Morgan fingerprint density at radius 1 is 0.595 bits per heavy atom. The summed E-state index contributed by atoms with van der Waals surface area (Å²) in [6.45, 7) is 5.02. The van der Waals surface area contributed by atoms with Crippen LogP contribution in [0.1, 0.15) is 162 Å². The molecule has 0 saturated heterocycles. The van der Waals surface area contributed by atoms with Crippen molar-refractivity contribution in [2.24, 2.45) is 0 Å². The smallest absolute Gasteiger partial charge is 0.329 e. The lowest BCUT2D eigenvalue weighted by Gasteiger charge is -2.42. The van der Waals surface area contributed by atoms with Crippen LogP contribution in [0.2, 0.25) is 0 Å². The summed E-state index contributed by atoms with van der Waals surface area (Å²) in [5, 5.41) is 20.0. The largest absolute Gasteiger partial charge is 1.00 e. The molecular weight excluding hydrogens is 552 g/mol. The summed E-state index contributed by atoms with van der Waals surface area (Å²) < 4.78 is 0.403. The normalized spacial score (nSPS) is 12.9. The van der Waals surface area contributed by atoms with E-state index < -0.39 is 17.5 Å². The lowest BCUT2D eigenvalue weighted by Crippen LogP contribution is -3.00. The number of hydrogen-bond acceptors (Lipinski definition) is 3. The molecule has 0 aromatic rings. The van der Waals surface area contributed by atoms with E-state index in [1.165, 1.54) is 83.5 Å². The summed E-state index contributed by atoms with van der Waals surface area (Å²) in [4.78, 5) is 39.7. The van der Waals surface area contributed by atoms with Crippen LogP contribution < -0.4 is 12.4 Å². The molecule has 0 aliphatic heterocycles. The molecule has 0 aliphatic rings. The van der Waals surface area contributed by atoms with Gasteiger partial charge in [-0.05, 0) is 19.3 Å². The van der Waals surface area contributed by atoms with Crippen molar-refractivity contribution in [1.29, 1.82) is 0 Å². The van der Waals surface area contributed by atoms with Crippen molar-refractivity contribution in [3.8, 4) is 0 Å². The number of carbonyl (C=O) groups is 3. The van der Waals surface area contributed by atoms with Crippen LogP contribution in [0.25, 0.3) is 0 Å². The lowest BCUT2D eigenvalue weighted by atomic mass is 9.84. The van der Waals surface area contributed by atoms with Crippen LogP contribution in [0.15, 0.2) is 0 Å². The first-order chi connectivity index (χ1) is 19.5. The molecule has 0 unspecified atom stereocenters. The second-order valence-corrected chi connectivity index (χ2v) is 13.3. The van der Waals surface area contributed by atoms with Gasteiger partial charge in [0.1, 0.15) is 5.54 Å². The van der Waals surface area contributed by atoms with Crippen LogP contribution in [0.4, 0.5) is 0 Å². The molecule has 0 bridgehead atoms. The van der Waals surface area contributed by atoms with Crippen molar-refractivity contribution in [1.82, 2.24) is 4.90 Å². The molecule has 1 amide bonds. The number of nitrogens with zero attached hydrogens (tertiary/aromatic N) is 2. The van der Waals surface area contributed by atoms with Crippen molar-refractivity contribution < 1.29 is 41.5 Å². The fourth-order valence-corrected chi connectivity index (χ4v) is 5.77. The van der Waals surface area contributed by atoms with Gasteiger partial charge in [-0.25, -0.2) is 4.79 Å². The molecule has 0 rings (SSSR count). The van der Waals surface area contributed by atoms with Crippen LogP contribution in [0.5, 0.6) is 0 Å². The number of unbranched alkanes of at least 4 members (excludes halogenated alkanes) is 18. The van der Waals surface area contributed by atoms with Crippen molar-refractivity contribution >= 4 is 17.8 Å². The number of carboxylic acids is 2. The van der Waals surface area contributed by atoms with Crippen LogP contribution in [-0.4, -0.2) is 77.2 Å². The van der Waals surface area contributed by atoms with Crippen LogP contribution in [-0.2, 0) is 14.4 Å². The van der Waals surface area contributed by atoms with E-state index in [-0.39, 0.29) is 37.7 Å². The molecule has 250 valence electrons. The number of carbonyl (C=O) groups excluding carboxylic acids is 1. The number of quaternary nitrogens is 1. The maximum absolute atomic E-state index is 13.6. The summed E-state index contributed by atoms with van der Waals surface area (Å²) in [6.07, 6.45) is 23.0. The first kappa shape index (κ1) is 42.8. The van der Waals surface area contributed by atoms with Gasteiger partial charge in [0.2, 0.25) is 0 Å². The highest BCUT2D eigenvalue weighted by Crippen LogP contribution is 2.31. The highest BCUT2D eigenvalue weighted by molar-refractivity contribution is 5.88. The van der Waals surface area contributed by atoms with Gasteiger partial charge in [-0.1, -0.05) is 136 Å². The number of aliphatic carboxylic acids is 2. The van der Waals surface area contributed by atoms with E-state index in [1.54, 1.807) is 4.90 Å². The van der Waals surface area contributed by atoms with E-state index in [0.717, 1.165) is 38.5 Å². The molecule has 0 fully saturated rings. The fraction of sp³-hybridized carbons (Fsp3) is 0.912. The zero-order valence-corrected chi connectivity index (χ0v) is 28.8. The van der Waals surface area contributed by atoms with Gasteiger partial charge >= 0.3 is 11.9 Å². The van der Waals surface area contributed by atoms with Gasteiger partial charge in [0.05, 0.1) is 21.1 Å². The van der Waals surface area contributed by atoms with Crippen molar-refractivity contribution in [2.45, 2.75) is 167 Å². The number of likely N-dealkylation sites (N-methyl/N-ethyl adjacent to an activating group) is 1. The number of carboxylic acid groups (broad SMARTS) is 2. The second kappa shape index (κ2) is 26.1. The number of hydrogen-bond donors (Lipinski definition) is 2. The first-order valence-electron chi connectivity index (χ1n) is 17.1. The van der Waals surface area contributed by atoms with Crippen LogP contribution in [0.3, 0.4) is 0 Å². The number of rotatable bonds is 29. The van der Waals surface area contributed by atoms with E-state index in [2.05, 4.69) is 13.8 Å². The molecule has 0 radical (unpaired) electrons. The minimum Gasteiger partial charge on any atom is -1.00 e. The molecule has 42 heavy (non-hydrogen) atoms. The number of halogens is 1. The minimum atomic E-state index is -1.47. The fourth-order valence-electron chi connectivity index (χ4n) is 5.77. The Balaban J connectivity index is 0. The second-order valence-electron chi connectivity index (χ2n) is 13.3. The molecule has 1 atom stereocenters. The Morgan fingerprint density at radius 2 is 0.976 bits per heavy atom. The van der Waals surface area contributed by atoms with Gasteiger partial charge in [-0.3, -0.25) is 9.59 Å². The minimum absolute atomic E-state index is 0. The molecular formula is C34H67ClN2O5.